The highest BCUT2D eigenvalue weighted by molar-refractivity contribution is 7.99. The summed E-state index contributed by atoms with van der Waals surface area (Å²) in [5, 5.41) is 15.7. The summed E-state index contributed by atoms with van der Waals surface area (Å²) >= 11 is 1.69. The van der Waals surface area contributed by atoms with Crippen LogP contribution < -0.4 is 0 Å². The largest absolute Gasteiger partial charge is 0.218 e. The fourth-order valence-electron chi connectivity index (χ4n) is 2.27. The van der Waals surface area contributed by atoms with Crippen molar-refractivity contribution in [1.29, 1.82) is 0 Å². The molecule has 0 bridgehead atoms. The average molecular weight is 298 g/mol. The summed E-state index contributed by atoms with van der Waals surface area (Å²) in [7, 11) is 0. The van der Waals surface area contributed by atoms with Gasteiger partial charge in [-0.1, -0.05) is 54.2 Å². The van der Waals surface area contributed by atoms with E-state index in [1.807, 2.05) is 4.68 Å². The van der Waals surface area contributed by atoms with Gasteiger partial charge in [0.05, 0.1) is 6.04 Å². The fraction of sp³-hybridized carbons (Fsp3) is 0.312. The maximum absolute atomic E-state index is 4.13. The highest BCUT2D eigenvalue weighted by Crippen LogP contribution is 2.35. The van der Waals surface area contributed by atoms with E-state index in [9.17, 15) is 0 Å². The summed E-state index contributed by atoms with van der Waals surface area (Å²) in [6, 6.07) is 15.3. The normalized spacial score (nSPS) is 13.0. The molecule has 0 radical (unpaired) electrons. The Hall–Kier alpha value is -1.88. The van der Waals surface area contributed by atoms with E-state index in [1.165, 1.54) is 16.3 Å². The molecule has 4 nitrogen and oxygen atoms in total. The summed E-state index contributed by atoms with van der Waals surface area (Å²) in [5.41, 5.74) is 1.29. The molecule has 0 saturated heterocycles. The van der Waals surface area contributed by atoms with Crippen LogP contribution >= 0.6 is 11.8 Å². The molecular formula is C16H18N4S. The third-order valence-corrected chi connectivity index (χ3v) is 4.58. The van der Waals surface area contributed by atoms with Crippen molar-refractivity contribution in [2.75, 3.05) is 0 Å². The van der Waals surface area contributed by atoms with E-state index in [2.05, 4.69) is 78.8 Å². The third kappa shape index (κ3) is 2.93. The van der Waals surface area contributed by atoms with Crippen LogP contribution in [0.25, 0.3) is 10.8 Å². The Morgan fingerprint density at radius 2 is 1.76 bits per heavy atom. The van der Waals surface area contributed by atoms with Crippen molar-refractivity contribution in [3.8, 4) is 0 Å². The van der Waals surface area contributed by atoms with Gasteiger partial charge in [0.25, 0.3) is 0 Å². The molecule has 3 rings (SSSR count). The van der Waals surface area contributed by atoms with Crippen LogP contribution in [0.1, 0.15) is 37.6 Å². The van der Waals surface area contributed by atoms with Crippen LogP contribution in [0.4, 0.5) is 0 Å². The van der Waals surface area contributed by atoms with Crippen LogP contribution in [0.2, 0.25) is 0 Å². The SMILES string of the molecule is CC(Sc1nnnn1C(C)C)c1ccc2ccccc2c1. The van der Waals surface area contributed by atoms with Gasteiger partial charge in [-0.3, -0.25) is 0 Å². The molecule has 0 N–H and O–H groups in total. The molecular weight excluding hydrogens is 280 g/mol. The van der Waals surface area contributed by atoms with Crippen LogP contribution in [-0.4, -0.2) is 20.2 Å². The molecule has 1 unspecified atom stereocenters. The molecule has 1 atom stereocenters. The lowest BCUT2D eigenvalue weighted by atomic mass is 10.1. The van der Waals surface area contributed by atoms with Crippen LogP contribution in [-0.2, 0) is 0 Å². The molecule has 0 saturated carbocycles. The first kappa shape index (κ1) is 14.1. The minimum Gasteiger partial charge on any atom is -0.218 e. The number of aromatic nitrogens is 4. The molecule has 1 aromatic heterocycles. The van der Waals surface area contributed by atoms with E-state index in [0.717, 1.165) is 5.16 Å². The molecule has 1 heterocycles. The molecule has 0 aliphatic carbocycles. The van der Waals surface area contributed by atoms with Gasteiger partial charge in [0.2, 0.25) is 5.16 Å². The molecule has 0 amide bonds. The van der Waals surface area contributed by atoms with Gasteiger partial charge in [-0.15, -0.1) is 5.10 Å². The lowest BCUT2D eigenvalue weighted by Crippen LogP contribution is -2.05. The third-order valence-electron chi connectivity index (χ3n) is 3.48. The van der Waals surface area contributed by atoms with E-state index in [1.54, 1.807) is 11.8 Å². The smallest absolute Gasteiger partial charge is 0.210 e. The number of thioether (sulfide) groups is 1. The van der Waals surface area contributed by atoms with Gasteiger partial charge in [0.1, 0.15) is 0 Å². The fourth-order valence-corrected chi connectivity index (χ4v) is 3.31. The van der Waals surface area contributed by atoms with Crippen molar-refractivity contribution < 1.29 is 0 Å². The minimum atomic E-state index is 0.270. The van der Waals surface area contributed by atoms with Crippen molar-refractivity contribution in [3.05, 3.63) is 48.0 Å². The maximum atomic E-state index is 4.13. The van der Waals surface area contributed by atoms with Crippen LogP contribution in [0.3, 0.4) is 0 Å². The number of fused-ring (bicyclic) bond motifs is 1. The Bertz CT molecular complexity index is 751. The zero-order valence-electron chi connectivity index (χ0n) is 12.4. The predicted molar refractivity (Wildman–Crippen MR) is 86.4 cm³/mol. The second kappa shape index (κ2) is 5.85. The van der Waals surface area contributed by atoms with Gasteiger partial charge in [0, 0.05) is 5.25 Å². The first-order valence-corrected chi connectivity index (χ1v) is 7.96. The number of tetrazole rings is 1. The molecule has 0 aliphatic heterocycles. The summed E-state index contributed by atoms with van der Waals surface area (Å²) in [6.45, 7) is 6.36. The molecule has 3 aromatic rings. The predicted octanol–water partition coefficient (Wildman–Crippen LogP) is 4.26. The Morgan fingerprint density at radius 3 is 2.52 bits per heavy atom. The second-order valence-electron chi connectivity index (χ2n) is 5.37. The number of hydrogen-bond donors (Lipinski definition) is 0. The van der Waals surface area contributed by atoms with Gasteiger partial charge in [-0.25, -0.2) is 4.68 Å². The quantitative estimate of drug-likeness (QED) is 0.675. The average Bonchev–Trinajstić information content (AvgIpc) is 2.95. The Labute approximate surface area is 128 Å². The molecule has 0 fully saturated rings. The molecule has 5 heteroatoms. The van der Waals surface area contributed by atoms with Gasteiger partial charge in [-0.2, -0.15) is 0 Å². The number of nitrogens with zero attached hydrogens (tertiary/aromatic N) is 4. The van der Waals surface area contributed by atoms with E-state index in [-0.39, 0.29) is 6.04 Å². The Morgan fingerprint density at radius 1 is 1.00 bits per heavy atom. The summed E-state index contributed by atoms with van der Waals surface area (Å²) in [4.78, 5) is 0. The van der Waals surface area contributed by atoms with E-state index < -0.39 is 0 Å². The van der Waals surface area contributed by atoms with Crippen molar-refractivity contribution in [1.82, 2.24) is 20.2 Å². The van der Waals surface area contributed by atoms with Crippen molar-refractivity contribution in [2.24, 2.45) is 0 Å². The van der Waals surface area contributed by atoms with Crippen LogP contribution in [0, 0.1) is 0 Å². The van der Waals surface area contributed by atoms with E-state index in [0.29, 0.717) is 5.25 Å². The van der Waals surface area contributed by atoms with Gasteiger partial charge >= 0.3 is 0 Å². The molecule has 2 aromatic carbocycles. The van der Waals surface area contributed by atoms with Gasteiger partial charge in [0.15, 0.2) is 0 Å². The molecule has 108 valence electrons. The van der Waals surface area contributed by atoms with Crippen molar-refractivity contribution in [2.45, 2.75) is 37.2 Å². The van der Waals surface area contributed by atoms with Gasteiger partial charge < -0.3 is 0 Å². The summed E-state index contributed by atoms with van der Waals surface area (Å²) in [5.74, 6) is 0. The van der Waals surface area contributed by atoms with E-state index >= 15 is 0 Å². The zero-order chi connectivity index (χ0) is 14.8. The zero-order valence-corrected chi connectivity index (χ0v) is 13.2. The monoisotopic (exact) mass is 298 g/mol. The van der Waals surface area contributed by atoms with Crippen LogP contribution in [0.5, 0.6) is 0 Å². The summed E-state index contributed by atoms with van der Waals surface area (Å²) < 4.78 is 1.86. The second-order valence-corrected chi connectivity index (χ2v) is 6.67. The molecule has 21 heavy (non-hydrogen) atoms. The highest BCUT2D eigenvalue weighted by atomic mass is 32.2. The lowest BCUT2D eigenvalue weighted by Gasteiger charge is -2.13. The first-order valence-electron chi connectivity index (χ1n) is 7.08. The first-order chi connectivity index (χ1) is 10.1. The van der Waals surface area contributed by atoms with Crippen molar-refractivity contribution >= 4 is 22.5 Å². The summed E-state index contributed by atoms with van der Waals surface area (Å²) in [6.07, 6.45) is 0. The highest BCUT2D eigenvalue weighted by Gasteiger charge is 2.15. The standard InChI is InChI=1S/C16H18N4S/c1-11(2)20-16(17-18-19-20)21-12(3)14-9-8-13-6-4-5-7-15(13)10-14/h4-12H,1-3H3. The number of hydrogen-bond acceptors (Lipinski definition) is 4. The molecule has 0 aliphatic rings. The Balaban J connectivity index is 1.86. The number of benzene rings is 2. The molecule has 0 spiro atoms. The number of rotatable bonds is 4. The topological polar surface area (TPSA) is 43.6 Å². The maximum Gasteiger partial charge on any atom is 0.210 e. The van der Waals surface area contributed by atoms with Crippen LogP contribution in [0.15, 0.2) is 47.6 Å². The Kier molecular flexibility index (Phi) is 3.92. The van der Waals surface area contributed by atoms with Gasteiger partial charge in [-0.05, 0) is 47.5 Å². The van der Waals surface area contributed by atoms with E-state index in [4.69, 9.17) is 0 Å². The lowest BCUT2D eigenvalue weighted by molar-refractivity contribution is 0.477. The van der Waals surface area contributed by atoms with Crippen molar-refractivity contribution in [3.63, 3.8) is 0 Å². The minimum absolute atomic E-state index is 0.270.